The maximum Gasteiger partial charge on any atom is 0.119 e. The monoisotopic (exact) mass is 328 g/mol. The lowest BCUT2D eigenvalue weighted by atomic mass is 9.92. The summed E-state index contributed by atoms with van der Waals surface area (Å²) in [6.07, 6.45) is 4.04. The van der Waals surface area contributed by atoms with Gasteiger partial charge in [0, 0.05) is 24.0 Å². The lowest BCUT2D eigenvalue weighted by molar-refractivity contribution is 0.411. The molecule has 4 heteroatoms. The summed E-state index contributed by atoms with van der Waals surface area (Å²) < 4.78 is 5.40. The van der Waals surface area contributed by atoms with Gasteiger partial charge in [0.2, 0.25) is 0 Å². The second-order valence-electron chi connectivity index (χ2n) is 6.36. The van der Waals surface area contributed by atoms with Gasteiger partial charge in [-0.15, -0.1) is 11.3 Å². The van der Waals surface area contributed by atoms with Crippen LogP contribution in [0, 0.1) is 0 Å². The first kappa shape index (κ1) is 16.2. The first-order chi connectivity index (χ1) is 11.1. The van der Waals surface area contributed by atoms with Crippen molar-refractivity contribution >= 4 is 16.9 Å². The molecule has 1 atom stereocenters. The van der Waals surface area contributed by atoms with E-state index in [0.29, 0.717) is 5.92 Å². The highest BCUT2D eigenvalue weighted by Gasteiger charge is 2.27. The summed E-state index contributed by atoms with van der Waals surface area (Å²) in [5, 5.41) is 3.27. The summed E-state index contributed by atoms with van der Waals surface area (Å²) in [4.78, 5) is 6.80. The van der Waals surface area contributed by atoms with E-state index in [-0.39, 0.29) is 0 Å². The lowest BCUT2D eigenvalue weighted by Gasteiger charge is -2.16. The normalized spacial score (nSPS) is 15.2. The van der Waals surface area contributed by atoms with Gasteiger partial charge in [-0.1, -0.05) is 18.6 Å². The molecule has 2 aromatic rings. The molecule has 0 radical (unpaired) electrons. The van der Waals surface area contributed by atoms with Crippen molar-refractivity contribution in [1.29, 1.82) is 0 Å². The van der Waals surface area contributed by atoms with Crippen molar-refractivity contribution in [2.24, 2.45) is 0 Å². The smallest absolute Gasteiger partial charge is 0.119 e. The van der Waals surface area contributed by atoms with Gasteiger partial charge in [0.1, 0.15) is 5.75 Å². The number of allylic oxidation sites excluding steroid dienone is 1. The summed E-state index contributed by atoms with van der Waals surface area (Å²) in [6, 6.07) is 6.48. The third-order valence-electron chi connectivity index (χ3n) is 4.50. The van der Waals surface area contributed by atoms with Gasteiger partial charge in [0.05, 0.1) is 12.1 Å². The molecular formula is C19H24N2OS. The molecule has 0 amide bonds. The number of ether oxygens (including phenoxy) is 1. The van der Waals surface area contributed by atoms with E-state index in [9.17, 15) is 0 Å². The fourth-order valence-electron chi connectivity index (χ4n) is 3.31. The van der Waals surface area contributed by atoms with Crippen molar-refractivity contribution in [1.82, 2.24) is 9.88 Å². The van der Waals surface area contributed by atoms with E-state index in [1.54, 1.807) is 24.0 Å². The van der Waals surface area contributed by atoms with Gasteiger partial charge >= 0.3 is 0 Å². The number of nitrogens with zero attached hydrogens (tertiary/aromatic N) is 2. The Hall–Kier alpha value is -1.65. The maximum absolute atomic E-state index is 5.40. The molecule has 3 nitrogen and oxygen atoms in total. The average molecular weight is 328 g/mol. The van der Waals surface area contributed by atoms with Crippen molar-refractivity contribution in [2.75, 3.05) is 27.7 Å². The van der Waals surface area contributed by atoms with Crippen LogP contribution in [0.1, 0.15) is 35.4 Å². The van der Waals surface area contributed by atoms with Gasteiger partial charge in [-0.05, 0) is 55.8 Å². The highest BCUT2D eigenvalue weighted by molar-refractivity contribution is 7.09. The van der Waals surface area contributed by atoms with E-state index >= 15 is 0 Å². The van der Waals surface area contributed by atoms with E-state index in [0.717, 1.165) is 25.1 Å². The van der Waals surface area contributed by atoms with Crippen LogP contribution in [0.15, 0.2) is 35.3 Å². The highest BCUT2D eigenvalue weighted by atomic mass is 32.1. The van der Waals surface area contributed by atoms with Crippen LogP contribution >= 0.6 is 11.3 Å². The fraction of sp³-hybridized carbons (Fsp3) is 0.421. The summed E-state index contributed by atoms with van der Waals surface area (Å²) in [7, 11) is 6.00. The minimum Gasteiger partial charge on any atom is -0.497 e. The minimum atomic E-state index is 0.349. The summed E-state index contributed by atoms with van der Waals surface area (Å²) in [5.74, 6) is 1.29. The van der Waals surface area contributed by atoms with Gasteiger partial charge in [-0.25, -0.2) is 4.98 Å². The predicted octanol–water partition coefficient (Wildman–Crippen LogP) is 4.22. The van der Waals surface area contributed by atoms with Crippen LogP contribution in [-0.4, -0.2) is 37.6 Å². The molecule has 1 aliphatic carbocycles. The summed E-state index contributed by atoms with van der Waals surface area (Å²) >= 11 is 1.75. The van der Waals surface area contributed by atoms with Crippen molar-refractivity contribution < 1.29 is 4.74 Å². The summed E-state index contributed by atoms with van der Waals surface area (Å²) in [6.45, 7) is 3.36. The number of rotatable bonds is 6. The van der Waals surface area contributed by atoms with Crippen LogP contribution in [-0.2, 0) is 6.42 Å². The second kappa shape index (κ2) is 6.85. The molecule has 0 saturated carbocycles. The molecule has 23 heavy (non-hydrogen) atoms. The topological polar surface area (TPSA) is 25.4 Å². The van der Waals surface area contributed by atoms with Gasteiger partial charge in [-0.2, -0.15) is 0 Å². The molecule has 0 N–H and O–H groups in total. The van der Waals surface area contributed by atoms with E-state index in [1.165, 1.54) is 21.7 Å². The maximum atomic E-state index is 5.40. The Bertz CT molecular complexity index is 704. The number of hydrogen-bond acceptors (Lipinski definition) is 4. The molecule has 1 aliphatic rings. The molecule has 0 fully saturated rings. The van der Waals surface area contributed by atoms with Crippen molar-refractivity contribution in [3.8, 4) is 5.75 Å². The molecule has 1 aromatic carbocycles. The molecule has 3 rings (SSSR count). The molecular weight excluding hydrogens is 304 g/mol. The standard InChI is InChI=1S/C19H24N2OS/c1-13(19-20-8-10-23-19)18-14(7-9-21(2)3)11-15-12-16(22-4)5-6-17(15)18/h5-6,8,10,12-13H,7,9,11H2,1-4H3. The molecule has 0 bridgehead atoms. The Kier molecular flexibility index (Phi) is 4.83. The van der Waals surface area contributed by atoms with Crippen LogP contribution in [0.5, 0.6) is 5.75 Å². The number of hydrogen-bond donors (Lipinski definition) is 0. The molecule has 1 heterocycles. The zero-order valence-corrected chi connectivity index (χ0v) is 15.1. The van der Waals surface area contributed by atoms with Gasteiger partial charge in [-0.3, -0.25) is 0 Å². The third-order valence-corrected chi connectivity index (χ3v) is 5.46. The highest BCUT2D eigenvalue weighted by Crippen LogP contribution is 2.44. The van der Waals surface area contributed by atoms with E-state index in [4.69, 9.17) is 4.74 Å². The SMILES string of the molecule is COc1ccc2c(c1)CC(CCN(C)C)=C2C(C)c1nccs1. The van der Waals surface area contributed by atoms with E-state index in [1.807, 2.05) is 6.20 Å². The largest absolute Gasteiger partial charge is 0.497 e. The molecule has 122 valence electrons. The van der Waals surface area contributed by atoms with Crippen molar-refractivity contribution in [3.05, 3.63) is 51.5 Å². The summed E-state index contributed by atoms with van der Waals surface area (Å²) in [5.41, 5.74) is 5.78. The fourth-order valence-corrected chi connectivity index (χ4v) is 4.02. The van der Waals surface area contributed by atoms with Crippen LogP contribution in [0.2, 0.25) is 0 Å². The number of benzene rings is 1. The van der Waals surface area contributed by atoms with Gasteiger partial charge in [0.25, 0.3) is 0 Å². The first-order valence-electron chi connectivity index (χ1n) is 8.03. The van der Waals surface area contributed by atoms with Gasteiger partial charge < -0.3 is 9.64 Å². The Balaban J connectivity index is 1.99. The number of aromatic nitrogens is 1. The Morgan fingerprint density at radius 3 is 2.83 bits per heavy atom. The molecule has 0 spiro atoms. The van der Waals surface area contributed by atoms with Crippen LogP contribution in [0.25, 0.3) is 5.57 Å². The van der Waals surface area contributed by atoms with Crippen molar-refractivity contribution in [2.45, 2.75) is 25.7 Å². The zero-order chi connectivity index (χ0) is 16.4. The Morgan fingerprint density at radius 2 is 2.17 bits per heavy atom. The van der Waals surface area contributed by atoms with Crippen molar-refractivity contribution in [3.63, 3.8) is 0 Å². The average Bonchev–Trinajstić information content (AvgIpc) is 3.18. The molecule has 1 aromatic heterocycles. The first-order valence-corrected chi connectivity index (χ1v) is 8.91. The Labute approximate surface area is 142 Å². The second-order valence-corrected chi connectivity index (χ2v) is 7.29. The number of methoxy groups -OCH3 is 1. The van der Waals surface area contributed by atoms with Crippen LogP contribution in [0.3, 0.4) is 0 Å². The minimum absolute atomic E-state index is 0.349. The Morgan fingerprint density at radius 1 is 1.35 bits per heavy atom. The molecule has 0 aliphatic heterocycles. The number of fused-ring (bicyclic) bond motifs is 1. The van der Waals surface area contributed by atoms with Gasteiger partial charge in [0.15, 0.2) is 0 Å². The van der Waals surface area contributed by atoms with E-state index < -0.39 is 0 Å². The lowest BCUT2D eigenvalue weighted by Crippen LogP contribution is -2.14. The molecule has 1 unspecified atom stereocenters. The quantitative estimate of drug-likeness (QED) is 0.794. The molecule has 0 saturated heterocycles. The number of thiazole rings is 1. The zero-order valence-electron chi connectivity index (χ0n) is 14.3. The predicted molar refractivity (Wildman–Crippen MR) is 97.3 cm³/mol. The van der Waals surface area contributed by atoms with E-state index in [2.05, 4.69) is 54.5 Å². The van der Waals surface area contributed by atoms with Crippen LogP contribution < -0.4 is 4.74 Å². The third kappa shape index (κ3) is 3.33. The van der Waals surface area contributed by atoms with Crippen LogP contribution in [0.4, 0.5) is 0 Å².